The van der Waals surface area contributed by atoms with Crippen LogP contribution in [0.25, 0.3) is 0 Å². The smallest absolute Gasteiger partial charge is 0.399 e. The van der Waals surface area contributed by atoms with Crippen molar-refractivity contribution in [2.24, 2.45) is 5.41 Å². The lowest BCUT2D eigenvalue weighted by Gasteiger charge is -2.32. The number of rotatable bonds is 2. The van der Waals surface area contributed by atoms with E-state index in [0.29, 0.717) is 5.82 Å². The van der Waals surface area contributed by atoms with Crippen LogP contribution in [0, 0.1) is 5.41 Å². The van der Waals surface area contributed by atoms with E-state index < -0.39 is 23.7 Å². The Kier molecular flexibility index (Phi) is 4.13. The van der Waals surface area contributed by atoms with Crippen LogP contribution >= 0.6 is 0 Å². The van der Waals surface area contributed by atoms with Crippen LogP contribution in [0.3, 0.4) is 0 Å². The van der Waals surface area contributed by atoms with Crippen LogP contribution < -0.4 is 10.8 Å². The summed E-state index contributed by atoms with van der Waals surface area (Å²) in [5.74, 6) is 0.429. The molecule has 6 heteroatoms. The molecule has 0 aliphatic carbocycles. The Bertz CT molecular complexity index is 563. The summed E-state index contributed by atoms with van der Waals surface area (Å²) in [6.45, 7) is 13.6. The SMILES string of the molecule is CC(C)(C)C(=O)Nc1cc(B2OC(C)(C)C(C)(C)O2)ccn1. The third kappa shape index (κ3) is 3.33. The van der Waals surface area contributed by atoms with E-state index in [4.69, 9.17) is 9.31 Å². The van der Waals surface area contributed by atoms with Crippen LogP contribution in [0.2, 0.25) is 0 Å². The minimum absolute atomic E-state index is 0.0777. The van der Waals surface area contributed by atoms with Crippen molar-refractivity contribution >= 4 is 24.3 Å². The predicted molar refractivity (Wildman–Crippen MR) is 88.0 cm³/mol. The van der Waals surface area contributed by atoms with Gasteiger partial charge in [0.2, 0.25) is 5.91 Å². The van der Waals surface area contributed by atoms with Crippen LogP contribution in [0.15, 0.2) is 18.3 Å². The molecule has 120 valence electrons. The number of amides is 1. The number of pyridine rings is 1. The fourth-order valence-electron chi connectivity index (χ4n) is 1.94. The summed E-state index contributed by atoms with van der Waals surface area (Å²) in [6.07, 6.45) is 1.65. The molecule has 1 aromatic rings. The molecule has 1 fully saturated rings. The van der Waals surface area contributed by atoms with Gasteiger partial charge in [-0.3, -0.25) is 4.79 Å². The molecule has 5 nitrogen and oxygen atoms in total. The average molecular weight is 304 g/mol. The van der Waals surface area contributed by atoms with E-state index in [-0.39, 0.29) is 5.91 Å². The molecule has 0 radical (unpaired) electrons. The topological polar surface area (TPSA) is 60.5 Å². The van der Waals surface area contributed by atoms with Gasteiger partial charge < -0.3 is 14.6 Å². The van der Waals surface area contributed by atoms with Gasteiger partial charge in [-0.05, 0) is 45.3 Å². The third-order valence-electron chi connectivity index (χ3n) is 4.23. The van der Waals surface area contributed by atoms with Gasteiger partial charge in [-0.2, -0.15) is 0 Å². The monoisotopic (exact) mass is 304 g/mol. The minimum atomic E-state index is -0.470. The van der Waals surface area contributed by atoms with E-state index in [1.54, 1.807) is 12.3 Å². The molecule has 1 N–H and O–H groups in total. The summed E-state index contributed by atoms with van der Waals surface area (Å²) < 4.78 is 12.0. The molecule has 22 heavy (non-hydrogen) atoms. The third-order valence-corrected chi connectivity index (χ3v) is 4.23. The highest BCUT2D eigenvalue weighted by Gasteiger charge is 2.51. The van der Waals surface area contributed by atoms with E-state index in [1.807, 2.05) is 54.5 Å². The van der Waals surface area contributed by atoms with Gasteiger partial charge in [0.15, 0.2) is 0 Å². The van der Waals surface area contributed by atoms with Gasteiger partial charge in [0.1, 0.15) is 5.82 Å². The first-order chi connectivity index (χ1) is 9.92. The van der Waals surface area contributed by atoms with E-state index in [0.717, 1.165) is 5.46 Å². The standard InChI is InChI=1S/C16H25BN2O3/c1-14(2,3)13(20)19-12-10-11(8-9-18-12)17-21-15(4,5)16(6,7)22-17/h8-10H,1-7H3,(H,18,19,20). The molecule has 1 aliphatic heterocycles. The number of anilines is 1. The van der Waals surface area contributed by atoms with Crippen molar-refractivity contribution in [3.05, 3.63) is 18.3 Å². The highest BCUT2D eigenvalue weighted by Crippen LogP contribution is 2.36. The Morgan fingerprint density at radius 1 is 1.18 bits per heavy atom. The molecule has 1 aliphatic rings. The number of nitrogens with zero attached hydrogens (tertiary/aromatic N) is 1. The first kappa shape index (κ1) is 17.0. The van der Waals surface area contributed by atoms with Crippen LogP contribution in [0.4, 0.5) is 5.82 Å². The van der Waals surface area contributed by atoms with Crippen molar-refractivity contribution in [3.63, 3.8) is 0 Å². The molecule has 2 rings (SSSR count). The van der Waals surface area contributed by atoms with Crippen molar-refractivity contribution in [1.82, 2.24) is 4.98 Å². The van der Waals surface area contributed by atoms with E-state index >= 15 is 0 Å². The van der Waals surface area contributed by atoms with Crippen LogP contribution in [0.1, 0.15) is 48.5 Å². The number of hydrogen-bond acceptors (Lipinski definition) is 4. The summed E-state index contributed by atoms with van der Waals surface area (Å²) >= 11 is 0. The summed E-state index contributed by atoms with van der Waals surface area (Å²) in [6, 6.07) is 3.64. The zero-order chi connectivity index (χ0) is 16.8. The van der Waals surface area contributed by atoms with E-state index in [1.165, 1.54) is 0 Å². The molecular weight excluding hydrogens is 279 g/mol. The highest BCUT2D eigenvalue weighted by molar-refractivity contribution is 6.62. The number of hydrogen-bond donors (Lipinski definition) is 1. The summed E-state index contributed by atoms with van der Waals surface area (Å²) in [5, 5.41) is 2.83. The van der Waals surface area contributed by atoms with Crippen molar-refractivity contribution in [2.75, 3.05) is 5.32 Å². The number of carbonyl (C=O) groups is 1. The van der Waals surface area contributed by atoms with Gasteiger partial charge in [0.05, 0.1) is 11.2 Å². The van der Waals surface area contributed by atoms with Gasteiger partial charge in [0.25, 0.3) is 0 Å². The fourth-order valence-corrected chi connectivity index (χ4v) is 1.94. The predicted octanol–water partition coefficient (Wildman–Crippen LogP) is 2.37. The zero-order valence-electron chi connectivity index (χ0n) is 14.5. The van der Waals surface area contributed by atoms with Gasteiger partial charge >= 0.3 is 7.12 Å². The Morgan fingerprint density at radius 3 is 2.23 bits per heavy atom. The van der Waals surface area contributed by atoms with E-state index in [9.17, 15) is 4.79 Å². The minimum Gasteiger partial charge on any atom is -0.399 e. The molecule has 2 heterocycles. The maximum absolute atomic E-state index is 12.1. The molecule has 0 spiro atoms. The van der Waals surface area contributed by atoms with Crippen LogP contribution in [0.5, 0.6) is 0 Å². The molecule has 1 aromatic heterocycles. The first-order valence-corrected chi connectivity index (χ1v) is 7.55. The highest BCUT2D eigenvalue weighted by atomic mass is 16.7. The lowest BCUT2D eigenvalue weighted by atomic mass is 9.79. The van der Waals surface area contributed by atoms with Crippen molar-refractivity contribution in [2.45, 2.75) is 59.7 Å². The molecule has 0 aromatic carbocycles. The quantitative estimate of drug-likeness (QED) is 0.852. The maximum Gasteiger partial charge on any atom is 0.495 e. The van der Waals surface area contributed by atoms with E-state index in [2.05, 4.69) is 10.3 Å². The van der Waals surface area contributed by atoms with Crippen LogP contribution in [-0.4, -0.2) is 29.2 Å². The lowest BCUT2D eigenvalue weighted by molar-refractivity contribution is -0.123. The lowest BCUT2D eigenvalue weighted by Crippen LogP contribution is -2.41. The molecule has 0 unspecified atom stereocenters. The molecule has 1 saturated heterocycles. The fraction of sp³-hybridized carbons (Fsp3) is 0.625. The van der Waals surface area contributed by atoms with Crippen LogP contribution in [-0.2, 0) is 14.1 Å². The van der Waals surface area contributed by atoms with Gasteiger partial charge in [-0.25, -0.2) is 4.98 Å². The number of nitrogens with one attached hydrogen (secondary N) is 1. The molecular formula is C16H25BN2O3. The Labute approximate surface area is 132 Å². The second kappa shape index (κ2) is 5.35. The zero-order valence-corrected chi connectivity index (χ0v) is 14.5. The second-order valence-corrected chi connectivity index (χ2v) is 7.77. The average Bonchev–Trinajstić information content (AvgIpc) is 2.57. The first-order valence-electron chi connectivity index (χ1n) is 7.55. The van der Waals surface area contributed by atoms with Gasteiger partial charge in [0, 0.05) is 11.6 Å². The second-order valence-electron chi connectivity index (χ2n) is 7.77. The van der Waals surface area contributed by atoms with Gasteiger partial charge in [-0.15, -0.1) is 0 Å². The van der Waals surface area contributed by atoms with Gasteiger partial charge in [-0.1, -0.05) is 20.8 Å². The number of aromatic nitrogens is 1. The Balaban J connectivity index is 2.18. The summed E-state index contributed by atoms with van der Waals surface area (Å²) in [5.41, 5.74) is -0.411. The van der Waals surface area contributed by atoms with Crippen molar-refractivity contribution in [3.8, 4) is 0 Å². The largest absolute Gasteiger partial charge is 0.495 e. The molecule has 0 saturated carbocycles. The van der Waals surface area contributed by atoms with Crippen molar-refractivity contribution in [1.29, 1.82) is 0 Å². The maximum atomic E-state index is 12.1. The molecule has 0 atom stereocenters. The molecule has 1 amide bonds. The van der Waals surface area contributed by atoms with Crippen molar-refractivity contribution < 1.29 is 14.1 Å². The normalized spacial score (nSPS) is 20.0. The Morgan fingerprint density at radius 2 is 1.73 bits per heavy atom. The number of carbonyl (C=O) groups excluding carboxylic acids is 1. The Hall–Kier alpha value is -1.40. The molecule has 0 bridgehead atoms. The summed E-state index contributed by atoms with van der Waals surface area (Å²) in [7, 11) is -0.460. The summed E-state index contributed by atoms with van der Waals surface area (Å²) in [4.78, 5) is 16.3.